The molecule has 0 atom stereocenters. The fourth-order valence-electron chi connectivity index (χ4n) is 3.76. The van der Waals surface area contributed by atoms with Crippen LogP contribution in [-0.4, -0.2) is 25.5 Å². The molecule has 30 heavy (non-hydrogen) atoms. The number of nitrogens with zero attached hydrogens (tertiary/aromatic N) is 1. The van der Waals surface area contributed by atoms with Crippen molar-refractivity contribution in [3.63, 3.8) is 0 Å². The Kier molecular flexibility index (Phi) is 5.46. The molecule has 0 unspecified atom stereocenters. The van der Waals surface area contributed by atoms with Crippen molar-refractivity contribution in [3.05, 3.63) is 82.4 Å². The number of anilines is 1. The molecular formula is C24H21ClN2O3. The fraction of sp³-hybridized carbons (Fsp3) is 0.167. The van der Waals surface area contributed by atoms with E-state index in [9.17, 15) is 9.59 Å². The van der Waals surface area contributed by atoms with Gasteiger partial charge in [0.25, 0.3) is 5.91 Å². The summed E-state index contributed by atoms with van der Waals surface area (Å²) in [7, 11) is 1.60. The van der Waals surface area contributed by atoms with Crippen molar-refractivity contribution >= 4 is 29.1 Å². The van der Waals surface area contributed by atoms with E-state index in [1.165, 1.54) is 0 Å². The number of carbonyl (C=O) groups excluding carboxylic acids is 2. The van der Waals surface area contributed by atoms with Gasteiger partial charge in [-0.05, 0) is 78.6 Å². The zero-order chi connectivity index (χ0) is 21.3. The van der Waals surface area contributed by atoms with E-state index in [0.717, 1.165) is 35.2 Å². The van der Waals surface area contributed by atoms with Gasteiger partial charge in [-0.3, -0.25) is 9.59 Å². The highest BCUT2D eigenvalue weighted by Gasteiger charge is 2.24. The molecule has 6 heteroatoms. The van der Waals surface area contributed by atoms with Crippen LogP contribution < -0.4 is 15.4 Å². The van der Waals surface area contributed by atoms with Crippen LogP contribution in [0.25, 0.3) is 11.1 Å². The van der Waals surface area contributed by atoms with Crippen LogP contribution in [0.1, 0.15) is 32.7 Å². The second-order valence-corrected chi connectivity index (χ2v) is 7.60. The number of ether oxygens (including phenoxy) is 1. The molecule has 4 rings (SSSR count). The molecule has 1 heterocycles. The molecule has 1 aliphatic rings. The van der Waals surface area contributed by atoms with Crippen LogP contribution in [0.15, 0.2) is 60.7 Å². The van der Waals surface area contributed by atoms with Gasteiger partial charge in [-0.2, -0.15) is 0 Å². The molecule has 0 aliphatic carbocycles. The average Bonchev–Trinajstić information content (AvgIpc) is 2.78. The number of fused-ring (bicyclic) bond motifs is 1. The van der Waals surface area contributed by atoms with E-state index >= 15 is 0 Å². The number of rotatable bonds is 4. The Balaban J connectivity index is 1.68. The van der Waals surface area contributed by atoms with E-state index < -0.39 is 5.91 Å². The van der Waals surface area contributed by atoms with Crippen molar-refractivity contribution in [3.8, 4) is 16.9 Å². The molecule has 0 aromatic heterocycles. The van der Waals surface area contributed by atoms with Crippen molar-refractivity contribution in [1.82, 2.24) is 0 Å². The molecule has 0 saturated carbocycles. The van der Waals surface area contributed by atoms with E-state index in [2.05, 4.69) is 0 Å². The molecule has 152 valence electrons. The Hall–Kier alpha value is -3.31. The second kappa shape index (κ2) is 8.20. The van der Waals surface area contributed by atoms with Gasteiger partial charge in [0.15, 0.2) is 0 Å². The fourth-order valence-corrected chi connectivity index (χ4v) is 3.99. The van der Waals surface area contributed by atoms with Crippen LogP contribution in [-0.2, 0) is 6.42 Å². The summed E-state index contributed by atoms with van der Waals surface area (Å²) in [6.07, 6.45) is 1.73. The number of primary amides is 1. The number of amides is 2. The van der Waals surface area contributed by atoms with Crippen molar-refractivity contribution in [2.45, 2.75) is 12.8 Å². The lowest BCUT2D eigenvalue weighted by Gasteiger charge is -2.30. The van der Waals surface area contributed by atoms with Crippen molar-refractivity contribution in [2.75, 3.05) is 18.6 Å². The van der Waals surface area contributed by atoms with Gasteiger partial charge in [-0.25, -0.2) is 0 Å². The summed E-state index contributed by atoms with van der Waals surface area (Å²) in [5.41, 5.74) is 10.0. The molecular weight excluding hydrogens is 400 g/mol. The van der Waals surface area contributed by atoms with Gasteiger partial charge < -0.3 is 15.4 Å². The molecule has 0 spiro atoms. The first-order valence-corrected chi connectivity index (χ1v) is 10.0. The van der Waals surface area contributed by atoms with E-state index in [4.69, 9.17) is 22.1 Å². The van der Waals surface area contributed by atoms with Crippen LogP contribution >= 0.6 is 11.6 Å². The first kappa shape index (κ1) is 20.0. The van der Waals surface area contributed by atoms with Gasteiger partial charge >= 0.3 is 0 Å². The Morgan fingerprint density at radius 3 is 2.43 bits per heavy atom. The molecule has 2 amide bonds. The maximum atomic E-state index is 13.1. The summed E-state index contributed by atoms with van der Waals surface area (Å²) in [6, 6.07) is 18.0. The van der Waals surface area contributed by atoms with Gasteiger partial charge in [0.1, 0.15) is 5.75 Å². The number of benzene rings is 3. The van der Waals surface area contributed by atoms with Gasteiger partial charge in [-0.1, -0.05) is 17.7 Å². The maximum absolute atomic E-state index is 13.1. The van der Waals surface area contributed by atoms with Crippen LogP contribution in [0.3, 0.4) is 0 Å². The number of aryl methyl sites for hydroxylation is 1. The minimum absolute atomic E-state index is 0.0416. The minimum Gasteiger partial charge on any atom is -0.497 e. The summed E-state index contributed by atoms with van der Waals surface area (Å²) in [6.45, 7) is 0.662. The number of methoxy groups -OCH3 is 1. The predicted octanol–water partition coefficient (Wildman–Crippen LogP) is 4.71. The van der Waals surface area contributed by atoms with E-state index in [1.54, 1.807) is 49.6 Å². The molecule has 3 aromatic rings. The molecule has 0 fully saturated rings. The molecule has 5 nitrogen and oxygen atoms in total. The lowest BCUT2D eigenvalue weighted by atomic mass is 9.95. The highest BCUT2D eigenvalue weighted by molar-refractivity contribution is 6.33. The molecule has 2 N–H and O–H groups in total. The quantitative estimate of drug-likeness (QED) is 0.664. The monoisotopic (exact) mass is 420 g/mol. The van der Waals surface area contributed by atoms with Crippen LogP contribution in [0.5, 0.6) is 5.75 Å². The zero-order valence-electron chi connectivity index (χ0n) is 16.5. The van der Waals surface area contributed by atoms with Gasteiger partial charge in [0.05, 0.1) is 7.11 Å². The summed E-state index contributed by atoms with van der Waals surface area (Å²) < 4.78 is 5.17. The summed E-state index contributed by atoms with van der Waals surface area (Å²) in [4.78, 5) is 26.5. The SMILES string of the molecule is COc1ccc(C(=O)N2CCCc3cc(-c4cc(C(N)=O)ccc4Cl)ccc32)cc1. The summed E-state index contributed by atoms with van der Waals surface area (Å²) in [5.74, 6) is 0.174. The first-order valence-electron chi connectivity index (χ1n) is 9.66. The summed E-state index contributed by atoms with van der Waals surface area (Å²) in [5, 5.41) is 0.543. The largest absolute Gasteiger partial charge is 0.497 e. The second-order valence-electron chi connectivity index (χ2n) is 7.19. The number of nitrogens with two attached hydrogens (primary N) is 1. The third-order valence-electron chi connectivity index (χ3n) is 5.34. The highest BCUT2D eigenvalue weighted by Crippen LogP contribution is 2.35. The average molecular weight is 421 g/mol. The van der Waals surface area contributed by atoms with Crippen molar-refractivity contribution in [1.29, 1.82) is 0 Å². The van der Waals surface area contributed by atoms with E-state index in [1.807, 2.05) is 23.1 Å². The van der Waals surface area contributed by atoms with Gasteiger partial charge in [-0.15, -0.1) is 0 Å². The lowest BCUT2D eigenvalue weighted by molar-refractivity contribution is 0.0981. The number of hydrogen-bond donors (Lipinski definition) is 1. The Labute approximate surface area is 180 Å². The molecule has 1 aliphatic heterocycles. The Bertz CT molecular complexity index is 1130. The number of carbonyl (C=O) groups is 2. The van der Waals surface area contributed by atoms with E-state index in [0.29, 0.717) is 28.4 Å². The molecule has 0 bridgehead atoms. The molecule has 3 aromatic carbocycles. The Morgan fingerprint density at radius 2 is 1.73 bits per heavy atom. The predicted molar refractivity (Wildman–Crippen MR) is 118 cm³/mol. The summed E-state index contributed by atoms with van der Waals surface area (Å²) >= 11 is 6.38. The van der Waals surface area contributed by atoms with E-state index in [-0.39, 0.29) is 5.91 Å². The highest BCUT2D eigenvalue weighted by atomic mass is 35.5. The molecule has 0 saturated heterocycles. The number of halogens is 1. The third kappa shape index (κ3) is 3.76. The van der Waals surface area contributed by atoms with Crippen LogP contribution in [0.4, 0.5) is 5.69 Å². The normalized spacial score (nSPS) is 12.9. The lowest BCUT2D eigenvalue weighted by Crippen LogP contribution is -2.35. The van der Waals surface area contributed by atoms with Crippen molar-refractivity contribution in [2.24, 2.45) is 5.73 Å². The third-order valence-corrected chi connectivity index (χ3v) is 5.67. The standard InChI is InChI=1S/C24H21ClN2O3/c1-30-19-8-4-15(5-9-19)24(29)27-12-2-3-17-13-16(7-11-22(17)27)20-14-18(23(26)28)6-10-21(20)25/h4-11,13-14H,2-3,12H2,1H3,(H2,26,28). The van der Waals surface area contributed by atoms with Gasteiger partial charge in [0.2, 0.25) is 5.91 Å². The first-order chi connectivity index (χ1) is 14.5. The number of hydrogen-bond acceptors (Lipinski definition) is 3. The van der Waals surface area contributed by atoms with Crippen LogP contribution in [0.2, 0.25) is 5.02 Å². The van der Waals surface area contributed by atoms with Crippen molar-refractivity contribution < 1.29 is 14.3 Å². The zero-order valence-corrected chi connectivity index (χ0v) is 17.3. The maximum Gasteiger partial charge on any atom is 0.258 e. The Morgan fingerprint density at radius 1 is 1.00 bits per heavy atom. The molecule has 0 radical (unpaired) electrons. The van der Waals surface area contributed by atoms with Crippen LogP contribution in [0, 0.1) is 0 Å². The topological polar surface area (TPSA) is 72.6 Å². The van der Waals surface area contributed by atoms with Gasteiger partial charge in [0, 0.05) is 33.9 Å². The minimum atomic E-state index is -0.498. The smallest absolute Gasteiger partial charge is 0.258 e.